The molecule has 0 heterocycles. The number of carbonyl (C=O) groups is 4. The van der Waals surface area contributed by atoms with Gasteiger partial charge in [0.05, 0.1) is 17.4 Å². The maximum absolute atomic E-state index is 13.4. The second-order valence-corrected chi connectivity index (χ2v) is 12.6. The molecule has 0 aromatic carbocycles. The lowest BCUT2D eigenvalue weighted by atomic mass is 9.48. The maximum atomic E-state index is 13.4. The minimum absolute atomic E-state index is 0.00587. The molecule has 3 rings (SSSR count). The average Bonchev–Trinajstić information content (AvgIpc) is 2.82. The van der Waals surface area contributed by atoms with E-state index in [1.807, 2.05) is 27.7 Å². The number of hydrogen-bond donors (Lipinski definition) is 1. The number of ether oxygens (including phenoxy) is 4. The summed E-state index contributed by atoms with van der Waals surface area (Å²) in [6.45, 7) is 19.6. The Kier molecular flexibility index (Phi) is 9.29. The van der Waals surface area contributed by atoms with Crippen LogP contribution in [0.1, 0.15) is 88.0 Å². The van der Waals surface area contributed by atoms with Crippen LogP contribution in [0.4, 0.5) is 0 Å². The van der Waals surface area contributed by atoms with E-state index < -0.39 is 65.2 Å². The molecule has 3 aliphatic rings. The van der Waals surface area contributed by atoms with Crippen molar-refractivity contribution in [2.75, 3.05) is 0 Å². The van der Waals surface area contributed by atoms with Crippen molar-refractivity contribution >= 4 is 23.9 Å². The van der Waals surface area contributed by atoms with E-state index in [0.717, 1.165) is 11.1 Å². The summed E-state index contributed by atoms with van der Waals surface area (Å²) in [4.78, 5) is 51.1. The number of allylic oxidation sites excluding steroid dienone is 1. The van der Waals surface area contributed by atoms with E-state index in [1.54, 1.807) is 13.8 Å². The van der Waals surface area contributed by atoms with Crippen molar-refractivity contribution in [3.8, 4) is 0 Å². The average molecular weight is 563 g/mol. The first kappa shape index (κ1) is 31.8. The zero-order valence-corrected chi connectivity index (χ0v) is 25.4. The van der Waals surface area contributed by atoms with Crippen molar-refractivity contribution in [2.45, 2.75) is 119 Å². The van der Waals surface area contributed by atoms with Gasteiger partial charge in [-0.05, 0) is 42.7 Å². The third-order valence-corrected chi connectivity index (χ3v) is 9.60. The van der Waals surface area contributed by atoms with Crippen molar-refractivity contribution in [3.63, 3.8) is 0 Å². The molecule has 2 bridgehead atoms. The van der Waals surface area contributed by atoms with Crippen LogP contribution in [0.3, 0.4) is 0 Å². The molecule has 224 valence electrons. The highest BCUT2D eigenvalue weighted by Gasteiger charge is 2.67. The Morgan fingerprint density at radius 2 is 1.57 bits per heavy atom. The monoisotopic (exact) mass is 562 g/mol. The summed E-state index contributed by atoms with van der Waals surface area (Å²) in [7, 11) is 0. The standard InChI is InChI=1S/C31H46O9/c1-11-15(2)29(36)40-26-21-13-12-16(3)24(30(21,8)9)27(38-19(6)33)28(39-20(7)34)31(10)23(37-18(5)32)14-22(35)17(4)25(26)31/h15,21-23,25-28,35H,4,11-14H2,1-3,5-10H3/t15-,21-,22+,23+,25+,26-,27-,28+,31-/m1/s1. The van der Waals surface area contributed by atoms with Gasteiger partial charge in [0, 0.05) is 39.0 Å². The second kappa shape index (κ2) is 11.7. The van der Waals surface area contributed by atoms with Gasteiger partial charge in [-0.2, -0.15) is 0 Å². The first-order chi connectivity index (χ1) is 18.5. The Balaban J connectivity index is 2.44. The van der Waals surface area contributed by atoms with Crippen LogP contribution in [0.15, 0.2) is 23.3 Å². The molecule has 2 saturated carbocycles. The van der Waals surface area contributed by atoms with Gasteiger partial charge in [-0.25, -0.2) is 0 Å². The van der Waals surface area contributed by atoms with Crippen LogP contribution in [0.5, 0.6) is 0 Å². The van der Waals surface area contributed by atoms with E-state index in [-0.39, 0.29) is 24.2 Å². The number of esters is 4. The third-order valence-electron chi connectivity index (χ3n) is 9.60. The maximum Gasteiger partial charge on any atom is 0.308 e. The number of fused-ring (bicyclic) bond motifs is 3. The van der Waals surface area contributed by atoms with E-state index in [4.69, 9.17) is 18.9 Å². The fraction of sp³-hybridized carbons (Fsp3) is 0.742. The van der Waals surface area contributed by atoms with Crippen molar-refractivity contribution < 1.29 is 43.2 Å². The van der Waals surface area contributed by atoms with E-state index in [9.17, 15) is 24.3 Å². The zero-order chi connectivity index (χ0) is 30.3. The van der Waals surface area contributed by atoms with Crippen molar-refractivity contribution in [3.05, 3.63) is 23.3 Å². The number of aliphatic hydroxyl groups excluding tert-OH is 1. The summed E-state index contributed by atoms with van der Waals surface area (Å²) >= 11 is 0. The topological polar surface area (TPSA) is 125 Å². The summed E-state index contributed by atoms with van der Waals surface area (Å²) in [5.41, 5.74) is 0.246. The molecule has 0 aromatic heterocycles. The van der Waals surface area contributed by atoms with E-state index >= 15 is 0 Å². The van der Waals surface area contributed by atoms with E-state index in [2.05, 4.69) is 6.58 Å². The third kappa shape index (κ3) is 5.58. The first-order valence-electron chi connectivity index (χ1n) is 14.3. The Hall–Kier alpha value is -2.68. The largest absolute Gasteiger partial charge is 0.462 e. The molecule has 40 heavy (non-hydrogen) atoms. The Bertz CT molecular complexity index is 1090. The molecule has 2 fully saturated rings. The van der Waals surface area contributed by atoms with Crippen LogP contribution in [0.2, 0.25) is 0 Å². The molecule has 0 radical (unpaired) electrons. The number of aliphatic hydroxyl groups is 1. The van der Waals surface area contributed by atoms with Gasteiger partial charge in [0.2, 0.25) is 0 Å². The van der Waals surface area contributed by atoms with Gasteiger partial charge >= 0.3 is 23.9 Å². The van der Waals surface area contributed by atoms with Crippen molar-refractivity contribution in [1.82, 2.24) is 0 Å². The van der Waals surface area contributed by atoms with Crippen LogP contribution < -0.4 is 0 Å². The Morgan fingerprint density at radius 1 is 1.00 bits per heavy atom. The number of carbonyl (C=O) groups excluding carboxylic acids is 4. The molecule has 0 spiro atoms. The molecule has 9 atom stereocenters. The minimum Gasteiger partial charge on any atom is -0.462 e. The highest BCUT2D eigenvalue weighted by atomic mass is 16.6. The smallest absolute Gasteiger partial charge is 0.308 e. The van der Waals surface area contributed by atoms with Crippen LogP contribution in [-0.4, -0.2) is 59.5 Å². The first-order valence-corrected chi connectivity index (χ1v) is 14.3. The quantitative estimate of drug-likeness (QED) is 0.284. The lowest BCUT2D eigenvalue weighted by Gasteiger charge is -2.61. The Morgan fingerprint density at radius 3 is 2.10 bits per heavy atom. The predicted molar refractivity (Wildman–Crippen MR) is 147 cm³/mol. The van der Waals surface area contributed by atoms with Crippen LogP contribution in [-0.2, 0) is 38.1 Å². The van der Waals surface area contributed by atoms with Gasteiger partial charge in [-0.1, -0.05) is 46.8 Å². The molecule has 3 aliphatic carbocycles. The molecule has 0 saturated heterocycles. The second-order valence-electron chi connectivity index (χ2n) is 12.6. The molecule has 0 unspecified atom stereocenters. The minimum atomic E-state index is -1.29. The summed E-state index contributed by atoms with van der Waals surface area (Å²) in [5, 5.41) is 11.2. The summed E-state index contributed by atoms with van der Waals surface area (Å²) in [6, 6.07) is 0. The molecule has 9 nitrogen and oxygen atoms in total. The molecule has 0 aliphatic heterocycles. The van der Waals surface area contributed by atoms with Gasteiger partial charge in [-0.3, -0.25) is 19.2 Å². The highest BCUT2D eigenvalue weighted by Crippen LogP contribution is 2.61. The summed E-state index contributed by atoms with van der Waals surface area (Å²) in [6.07, 6.45) is -3.08. The van der Waals surface area contributed by atoms with E-state index in [1.165, 1.54) is 20.8 Å². The van der Waals surface area contributed by atoms with Crippen molar-refractivity contribution in [2.24, 2.45) is 28.6 Å². The number of hydrogen-bond acceptors (Lipinski definition) is 9. The highest BCUT2D eigenvalue weighted by molar-refractivity contribution is 5.72. The van der Waals surface area contributed by atoms with Crippen molar-refractivity contribution in [1.29, 1.82) is 0 Å². The summed E-state index contributed by atoms with van der Waals surface area (Å²) in [5.74, 6) is -3.56. The zero-order valence-electron chi connectivity index (χ0n) is 25.4. The fourth-order valence-corrected chi connectivity index (χ4v) is 7.46. The molecule has 0 amide bonds. The van der Waals surface area contributed by atoms with E-state index in [0.29, 0.717) is 24.8 Å². The van der Waals surface area contributed by atoms with Gasteiger partial charge in [0.25, 0.3) is 0 Å². The fourth-order valence-electron chi connectivity index (χ4n) is 7.46. The SMILES string of the molecule is C=C1[C@@H](O)C[C@H](OC(C)=O)[C@@]2(C)[C@@H](OC(C)=O)[C@H](OC(C)=O)C3=C(C)CC[C@H]([C@@H](OC(=O)[C@H](C)CC)[C@H]12)C3(C)C. The Labute approximate surface area is 237 Å². The molecule has 9 heteroatoms. The summed E-state index contributed by atoms with van der Waals surface area (Å²) < 4.78 is 24.3. The van der Waals surface area contributed by atoms with Crippen LogP contribution in [0.25, 0.3) is 0 Å². The van der Waals surface area contributed by atoms with Gasteiger partial charge in [-0.15, -0.1) is 0 Å². The van der Waals surface area contributed by atoms with Gasteiger partial charge in [0.1, 0.15) is 12.2 Å². The van der Waals surface area contributed by atoms with Crippen LogP contribution >= 0.6 is 0 Å². The normalized spacial score (nSPS) is 35.9. The molecular weight excluding hydrogens is 516 g/mol. The van der Waals surface area contributed by atoms with Gasteiger partial charge in [0.15, 0.2) is 12.2 Å². The van der Waals surface area contributed by atoms with Gasteiger partial charge < -0.3 is 24.1 Å². The molecule has 0 aromatic rings. The lowest BCUT2D eigenvalue weighted by Crippen LogP contribution is -2.67. The number of rotatable bonds is 6. The predicted octanol–water partition coefficient (Wildman–Crippen LogP) is 4.45. The molecular formula is C31H46O9. The van der Waals surface area contributed by atoms with Crippen LogP contribution in [0, 0.1) is 28.6 Å². The molecule has 1 N–H and O–H groups in total. The lowest BCUT2D eigenvalue weighted by molar-refractivity contribution is -0.228.